The van der Waals surface area contributed by atoms with E-state index in [2.05, 4.69) is 11.4 Å². The summed E-state index contributed by atoms with van der Waals surface area (Å²) >= 11 is 0. The zero-order valence-electron chi connectivity index (χ0n) is 14.1. The second-order valence-electron chi connectivity index (χ2n) is 7.37. The van der Waals surface area contributed by atoms with Gasteiger partial charge in [0.2, 0.25) is 0 Å². The first-order chi connectivity index (χ1) is 10.3. The highest BCUT2D eigenvalue weighted by Gasteiger charge is 2.35. The van der Waals surface area contributed by atoms with Crippen LogP contribution in [0, 0.1) is 0 Å². The van der Waals surface area contributed by atoms with Crippen LogP contribution in [-0.2, 0) is 4.74 Å². The summed E-state index contributed by atoms with van der Waals surface area (Å²) in [6.07, 6.45) is 7.54. The molecule has 0 radical (unpaired) electrons. The van der Waals surface area contributed by atoms with Crippen LogP contribution >= 0.6 is 0 Å². The molecule has 1 fully saturated rings. The van der Waals surface area contributed by atoms with Crippen LogP contribution in [0.3, 0.4) is 0 Å². The van der Waals surface area contributed by atoms with Gasteiger partial charge in [0.1, 0.15) is 5.60 Å². The fourth-order valence-corrected chi connectivity index (χ4v) is 3.01. The molecule has 0 spiro atoms. The van der Waals surface area contributed by atoms with Crippen LogP contribution < -0.4 is 5.32 Å². The van der Waals surface area contributed by atoms with Gasteiger partial charge in [0, 0.05) is 6.54 Å². The predicted octanol–water partition coefficient (Wildman–Crippen LogP) is 2.45. The maximum atomic E-state index is 12.0. The van der Waals surface area contributed by atoms with Crippen LogP contribution in [-0.4, -0.2) is 53.5 Å². The van der Waals surface area contributed by atoms with Gasteiger partial charge >= 0.3 is 6.09 Å². The van der Waals surface area contributed by atoms with Crippen molar-refractivity contribution >= 4 is 6.09 Å². The topological polar surface area (TPSA) is 61.8 Å². The van der Waals surface area contributed by atoms with E-state index in [9.17, 15) is 9.90 Å². The predicted molar refractivity (Wildman–Crippen MR) is 86.8 cm³/mol. The third-order valence-electron chi connectivity index (χ3n) is 4.18. The minimum atomic E-state index is -0.521. The van der Waals surface area contributed by atoms with Crippen molar-refractivity contribution in [3.8, 4) is 0 Å². The van der Waals surface area contributed by atoms with Gasteiger partial charge in [0.05, 0.1) is 18.7 Å². The Morgan fingerprint density at radius 1 is 1.41 bits per heavy atom. The summed E-state index contributed by atoms with van der Waals surface area (Å²) in [6.45, 7) is 7.27. The molecule has 1 aliphatic carbocycles. The maximum absolute atomic E-state index is 12.0. The summed E-state index contributed by atoms with van der Waals surface area (Å²) in [5.74, 6) is 0. The highest BCUT2D eigenvalue weighted by Crippen LogP contribution is 2.20. The summed E-state index contributed by atoms with van der Waals surface area (Å²) < 4.78 is 5.36. The molecule has 1 saturated heterocycles. The van der Waals surface area contributed by atoms with E-state index in [0.29, 0.717) is 13.1 Å². The molecule has 22 heavy (non-hydrogen) atoms. The van der Waals surface area contributed by atoms with Gasteiger partial charge in [0.15, 0.2) is 0 Å². The Morgan fingerprint density at radius 3 is 2.82 bits per heavy atom. The van der Waals surface area contributed by atoms with E-state index in [-0.39, 0.29) is 12.1 Å². The van der Waals surface area contributed by atoms with Crippen LogP contribution in [0.2, 0.25) is 0 Å². The highest BCUT2D eigenvalue weighted by atomic mass is 16.6. The first-order valence-corrected chi connectivity index (χ1v) is 8.42. The van der Waals surface area contributed by atoms with Crippen LogP contribution in [0.4, 0.5) is 4.79 Å². The van der Waals surface area contributed by atoms with E-state index in [1.165, 1.54) is 31.3 Å². The third-order valence-corrected chi connectivity index (χ3v) is 4.18. The lowest BCUT2D eigenvalue weighted by atomic mass is 9.97. The second-order valence-corrected chi connectivity index (χ2v) is 7.37. The van der Waals surface area contributed by atoms with Crippen molar-refractivity contribution in [3.05, 3.63) is 11.6 Å². The molecule has 0 bridgehead atoms. The number of β-amino-alcohol motifs (C(OH)–C–C–N with tert-alkyl or cyclic N) is 1. The van der Waals surface area contributed by atoms with Crippen molar-refractivity contribution in [2.75, 3.05) is 19.6 Å². The van der Waals surface area contributed by atoms with E-state index in [1.54, 1.807) is 4.90 Å². The first-order valence-electron chi connectivity index (χ1n) is 8.42. The van der Waals surface area contributed by atoms with Crippen molar-refractivity contribution < 1.29 is 14.6 Å². The Labute approximate surface area is 133 Å². The lowest BCUT2D eigenvalue weighted by Crippen LogP contribution is -2.40. The quantitative estimate of drug-likeness (QED) is 0.783. The van der Waals surface area contributed by atoms with Crippen LogP contribution in [0.5, 0.6) is 0 Å². The normalized spacial score (nSPS) is 26.0. The van der Waals surface area contributed by atoms with Crippen molar-refractivity contribution in [1.82, 2.24) is 10.2 Å². The van der Waals surface area contributed by atoms with Gasteiger partial charge < -0.3 is 20.1 Å². The number of amides is 1. The van der Waals surface area contributed by atoms with Crippen molar-refractivity contribution in [3.63, 3.8) is 0 Å². The molecule has 2 atom stereocenters. The zero-order valence-corrected chi connectivity index (χ0v) is 14.1. The molecule has 0 saturated carbocycles. The number of allylic oxidation sites excluding steroid dienone is 1. The van der Waals surface area contributed by atoms with Gasteiger partial charge in [-0.2, -0.15) is 0 Å². The smallest absolute Gasteiger partial charge is 0.410 e. The minimum Gasteiger partial charge on any atom is -0.444 e. The van der Waals surface area contributed by atoms with Gasteiger partial charge in [0.25, 0.3) is 0 Å². The molecule has 2 N–H and O–H groups in total. The fourth-order valence-electron chi connectivity index (χ4n) is 3.01. The van der Waals surface area contributed by atoms with Crippen LogP contribution in [0.1, 0.15) is 52.9 Å². The Hall–Kier alpha value is -1.07. The Balaban J connectivity index is 1.73. The van der Waals surface area contributed by atoms with E-state index in [4.69, 9.17) is 4.74 Å². The lowest BCUT2D eigenvalue weighted by Gasteiger charge is -2.24. The number of hydrogen-bond donors (Lipinski definition) is 2. The molecular formula is C17H30N2O3. The van der Waals surface area contributed by atoms with E-state index in [1.807, 2.05) is 20.8 Å². The number of carbonyl (C=O) groups excluding carboxylic acids is 1. The fraction of sp³-hybridized carbons (Fsp3) is 0.824. The lowest BCUT2D eigenvalue weighted by molar-refractivity contribution is 0.0270. The molecule has 0 aromatic rings. The SMILES string of the molecule is CC(C)(C)OC(=O)N1C[C@@H](O)[C@H](NCCC2=CCCCC2)C1. The van der Waals surface area contributed by atoms with Crippen molar-refractivity contribution in [1.29, 1.82) is 0 Å². The summed E-state index contributed by atoms with van der Waals surface area (Å²) in [5, 5.41) is 13.5. The van der Waals surface area contributed by atoms with Gasteiger partial charge in [-0.1, -0.05) is 11.6 Å². The molecule has 0 aromatic carbocycles. The largest absolute Gasteiger partial charge is 0.444 e. The molecule has 1 amide bonds. The van der Waals surface area contributed by atoms with Crippen LogP contribution in [0.15, 0.2) is 11.6 Å². The van der Waals surface area contributed by atoms with Gasteiger partial charge in [-0.3, -0.25) is 0 Å². The first kappa shape index (κ1) is 17.3. The standard InChI is InChI=1S/C17H30N2O3/c1-17(2,3)22-16(21)19-11-14(15(20)12-19)18-10-9-13-7-5-4-6-8-13/h7,14-15,18,20H,4-6,8-12H2,1-3H3/t14-,15-/m1/s1. The Morgan fingerprint density at radius 2 is 2.18 bits per heavy atom. The van der Waals surface area contributed by atoms with E-state index >= 15 is 0 Å². The monoisotopic (exact) mass is 310 g/mol. The number of rotatable bonds is 4. The van der Waals surface area contributed by atoms with Gasteiger partial charge in [-0.15, -0.1) is 0 Å². The molecule has 1 aliphatic heterocycles. The zero-order chi connectivity index (χ0) is 16.2. The molecule has 2 aliphatic rings. The third kappa shape index (κ3) is 5.29. The number of aliphatic hydroxyl groups is 1. The summed E-state index contributed by atoms with van der Waals surface area (Å²) in [4.78, 5) is 13.6. The van der Waals surface area contributed by atoms with Crippen molar-refractivity contribution in [2.45, 2.75) is 70.6 Å². The second kappa shape index (κ2) is 7.47. The average molecular weight is 310 g/mol. The maximum Gasteiger partial charge on any atom is 0.410 e. The van der Waals surface area contributed by atoms with Crippen molar-refractivity contribution in [2.24, 2.45) is 0 Å². The molecule has 126 valence electrons. The minimum absolute atomic E-state index is 0.0586. The summed E-state index contributed by atoms with van der Waals surface area (Å²) in [6, 6.07) is -0.0586. The number of nitrogens with one attached hydrogen (secondary N) is 1. The van der Waals surface area contributed by atoms with E-state index < -0.39 is 11.7 Å². The number of aliphatic hydroxyl groups excluding tert-OH is 1. The van der Waals surface area contributed by atoms with Gasteiger partial charge in [-0.25, -0.2) is 4.79 Å². The number of likely N-dealkylation sites (tertiary alicyclic amines) is 1. The molecule has 0 aromatic heterocycles. The highest BCUT2D eigenvalue weighted by molar-refractivity contribution is 5.68. The molecule has 0 unspecified atom stereocenters. The number of nitrogens with zero attached hydrogens (tertiary/aromatic N) is 1. The molecular weight excluding hydrogens is 280 g/mol. The Bertz CT molecular complexity index is 415. The van der Waals surface area contributed by atoms with Gasteiger partial charge in [-0.05, 0) is 59.4 Å². The molecule has 1 heterocycles. The Kier molecular flexibility index (Phi) is 5.87. The molecule has 5 heteroatoms. The number of ether oxygens (including phenoxy) is 1. The molecule has 5 nitrogen and oxygen atoms in total. The van der Waals surface area contributed by atoms with Crippen LogP contribution in [0.25, 0.3) is 0 Å². The summed E-state index contributed by atoms with van der Waals surface area (Å²) in [5.41, 5.74) is 1.02. The summed E-state index contributed by atoms with van der Waals surface area (Å²) in [7, 11) is 0. The van der Waals surface area contributed by atoms with E-state index in [0.717, 1.165) is 13.0 Å². The number of carbonyl (C=O) groups is 1. The number of hydrogen-bond acceptors (Lipinski definition) is 4. The average Bonchev–Trinajstić information content (AvgIpc) is 2.80. The molecule has 2 rings (SSSR count).